The number of carboxylic acids is 4. The van der Waals surface area contributed by atoms with Crippen LogP contribution in [-0.2, 0) is 19.2 Å². The first-order valence-electron chi connectivity index (χ1n) is 9.73. The van der Waals surface area contributed by atoms with E-state index in [0.717, 1.165) is 4.90 Å². The summed E-state index contributed by atoms with van der Waals surface area (Å²) in [5.74, 6) is -7.14. The van der Waals surface area contributed by atoms with E-state index in [0.29, 0.717) is 13.1 Å². The molecule has 1 rings (SSSR count). The van der Waals surface area contributed by atoms with Crippen molar-refractivity contribution in [2.24, 2.45) is 0 Å². The first-order valence-corrected chi connectivity index (χ1v) is 9.73. The van der Waals surface area contributed by atoms with Gasteiger partial charge in [-0.25, -0.2) is 14.4 Å². The molecule has 12 heteroatoms. The van der Waals surface area contributed by atoms with E-state index in [1.807, 2.05) is 6.92 Å². The molecule has 0 radical (unpaired) electrons. The van der Waals surface area contributed by atoms with E-state index in [1.54, 1.807) is 18.7 Å². The normalized spacial score (nSPS) is 28.1. The minimum Gasteiger partial charge on any atom is -0.480 e. The van der Waals surface area contributed by atoms with Gasteiger partial charge in [0.2, 0.25) is 0 Å². The van der Waals surface area contributed by atoms with Crippen molar-refractivity contribution in [3.63, 3.8) is 0 Å². The Kier molecular flexibility index (Phi) is 9.15. The summed E-state index contributed by atoms with van der Waals surface area (Å²) >= 11 is 0. The lowest BCUT2D eigenvalue weighted by Gasteiger charge is -2.42. The van der Waals surface area contributed by atoms with Crippen LogP contribution in [0.3, 0.4) is 0 Å². The molecule has 0 amide bonds. The Morgan fingerprint density at radius 1 is 0.800 bits per heavy atom. The molecular formula is C18H32N4O8. The van der Waals surface area contributed by atoms with Crippen LogP contribution in [-0.4, -0.2) is 117 Å². The average molecular weight is 432 g/mol. The van der Waals surface area contributed by atoms with Gasteiger partial charge >= 0.3 is 29.4 Å². The molecule has 0 spiro atoms. The third-order valence-corrected chi connectivity index (χ3v) is 5.36. The summed E-state index contributed by atoms with van der Waals surface area (Å²) in [7, 11) is 0. The predicted molar refractivity (Wildman–Crippen MR) is 105 cm³/mol. The number of nitrogens with zero attached hydrogens (tertiary/aromatic N) is 2. The number of nitrogens with one attached hydrogen (secondary N) is 2. The van der Waals surface area contributed by atoms with Gasteiger partial charge in [-0.15, -0.1) is 0 Å². The molecule has 0 aromatic rings. The van der Waals surface area contributed by atoms with E-state index < -0.39 is 41.5 Å². The Labute approximate surface area is 174 Å². The quantitative estimate of drug-likeness (QED) is 0.265. The first-order chi connectivity index (χ1) is 13.8. The molecule has 4 atom stereocenters. The van der Waals surface area contributed by atoms with Crippen molar-refractivity contribution in [2.45, 2.75) is 57.4 Å². The minimum atomic E-state index is -3.21. The number of aliphatic carboxylic acids is 4. The van der Waals surface area contributed by atoms with Gasteiger partial charge in [-0.05, 0) is 27.7 Å². The number of carboxylic acid groups (broad SMARTS) is 4. The molecule has 0 aromatic carbocycles. The summed E-state index contributed by atoms with van der Waals surface area (Å²) in [6, 6.07) is -1.61. The number of carbonyl (C=O) groups is 4. The maximum absolute atomic E-state index is 12.0. The number of rotatable bonds is 6. The van der Waals surface area contributed by atoms with Crippen LogP contribution in [0.15, 0.2) is 0 Å². The van der Waals surface area contributed by atoms with Gasteiger partial charge in [0.05, 0.1) is 6.54 Å². The molecule has 1 aliphatic rings. The Balaban J connectivity index is 3.47. The van der Waals surface area contributed by atoms with E-state index in [-0.39, 0.29) is 31.7 Å². The smallest absolute Gasteiger partial charge is 0.347 e. The van der Waals surface area contributed by atoms with Crippen molar-refractivity contribution >= 4 is 23.9 Å². The molecule has 1 aliphatic heterocycles. The fourth-order valence-electron chi connectivity index (χ4n) is 3.61. The fourth-order valence-corrected chi connectivity index (χ4v) is 3.61. The fraction of sp³-hybridized carbons (Fsp3) is 0.778. The first kappa shape index (κ1) is 25.8. The van der Waals surface area contributed by atoms with Gasteiger partial charge in [-0.2, -0.15) is 0 Å². The van der Waals surface area contributed by atoms with Gasteiger partial charge in [0.1, 0.15) is 0 Å². The van der Waals surface area contributed by atoms with E-state index in [4.69, 9.17) is 0 Å². The molecule has 6 N–H and O–H groups in total. The third-order valence-electron chi connectivity index (χ3n) is 5.36. The van der Waals surface area contributed by atoms with Gasteiger partial charge in [0.15, 0.2) is 0 Å². The van der Waals surface area contributed by atoms with E-state index >= 15 is 0 Å². The second kappa shape index (κ2) is 10.7. The molecular weight excluding hydrogens is 400 g/mol. The van der Waals surface area contributed by atoms with Crippen LogP contribution in [0, 0.1) is 0 Å². The summed E-state index contributed by atoms with van der Waals surface area (Å²) in [5.41, 5.74) is -3.21. The molecule has 172 valence electrons. The molecule has 1 saturated heterocycles. The summed E-state index contributed by atoms with van der Waals surface area (Å²) in [4.78, 5) is 49.7. The van der Waals surface area contributed by atoms with Gasteiger partial charge in [0.25, 0.3) is 0 Å². The van der Waals surface area contributed by atoms with Crippen molar-refractivity contribution in [3.05, 3.63) is 0 Å². The van der Waals surface area contributed by atoms with Crippen LogP contribution >= 0.6 is 0 Å². The summed E-state index contributed by atoms with van der Waals surface area (Å²) in [6.07, 6.45) is 0. The molecule has 0 bridgehead atoms. The summed E-state index contributed by atoms with van der Waals surface area (Å²) < 4.78 is 0. The van der Waals surface area contributed by atoms with Gasteiger partial charge in [0, 0.05) is 50.3 Å². The van der Waals surface area contributed by atoms with Crippen molar-refractivity contribution in [2.75, 3.05) is 32.7 Å². The topological polar surface area (TPSA) is 180 Å². The van der Waals surface area contributed by atoms with Crippen molar-refractivity contribution < 1.29 is 39.6 Å². The average Bonchev–Trinajstić information content (AvgIpc) is 2.61. The van der Waals surface area contributed by atoms with Gasteiger partial charge in [-0.3, -0.25) is 14.6 Å². The largest absolute Gasteiger partial charge is 0.480 e. The van der Waals surface area contributed by atoms with E-state index in [1.165, 1.54) is 6.92 Å². The van der Waals surface area contributed by atoms with Gasteiger partial charge < -0.3 is 31.1 Å². The second-order valence-corrected chi connectivity index (χ2v) is 7.92. The van der Waals surface area contributed by atoms with Crippen LogP contribution in [0.4, 0.5) is 0 Å². The second-order valence-electron chi connectivity index (χ2n) is 7.92. The van der Waals surface area contributed by atoms with Gasteiger partial charge in [-0.1, -0.05) is 0 Å². The zero-order valence-corrected chi connectivity index (χ0v) is 17.7. The Morgan fingerprint density at radius 3 is 1.77 bits per heavy atom. The highest BCUT2D eigenvalue weighted by Gasteiger charge is 2.60. The van der Waals surface area contributed by atoms with Crippen LogP contribution < -0.4 is 10.6 Å². The van der Waals surface area contributed by atoms with Crippen LogP contribution in [0.1, 0.15) is 27.7 Å². The monoisotopic (exact) mass is 432 g/mol. The zero-order chi connectivity index (χ0) is 23.2. The van der Waals surface area contributed by atoms with Crippen molar-refractivity contribution in [1.82, 2.24) is 20.4 Å². The van der Waals surface area contributed by atoms with Crippen molar-refractivity contribution in [3.8, 4) is 0 Å². The van der Waals surface area contributed by atoms with Crippen LogP contribution in [0.5, 0.6) is 0 Å². The van der Waals surface area contributed by atoms with Crippen molar-refractivity contribution in [1.29, 1.82) is 0 Å². The highest BCUT2D eigenvalue weighted by Crippen LogP contribution is 2.23. The summed E-state index contributed by atoms with van der Waals surface area (Å²) in [6.45, 7) is 7.24. The zero-order valence-electron chi connectivity index (χ0n) is 17.7. The van der Waals surface area contributed by atoms with Crippen LogP contribution in [0.25, 0.3) is 0 Å². The van der Waals surface area contributed by atoms with E-state index in [2.05, 4.69) is 10.6 Å². The lowest BCUT2D eigenvalue weighted by molar-refractivity contribution is -0.182. The molecule has 0 unspecified atom stereocenters. The van der Waals surface area contributed by atoms with E-state index in [9.17, 15) is 39.6 Å². The lowest BCUT2D eigenvalue weighted by atomic mass is 9.94. The molecule has 1 fully saturated rings. The molecule has 1 heterocycles. The lowest BCUT2D eigenvalue weighted by Crippen LogP contribution is -2.70. The molecule has 30 heavy (non-hydrogen) atoms. The Bertz CT molecular complexity index is 622. The number of hydrogen-bond donors (Lipinski definition) is 6. The minimum absolute atomic E-state index is 0.00458. The molecule has 12 nitrogen and oxygen atoms in total. The standard InChI is InChI=1S/C18H32N4O8/c1-10-5-19-11(2)7-22(18(15(25)26,16(27)28)17(29)30)13(4)8-21(9-14(23)24)12(3)6-20-10/h10-13,19-20H,5-9H2,1-4H3,(H,23,24)(H,25,26)(H,27,28)(H,29,30)/t10-,11-,12-,13-/m0/s1. The maximum Gasteiger partial charge on any atom is 0.347 e. The van der Waals surface area contributed by atoms with Crippen LogP contribution in [0.2, 0.25) is 0 Å². The third kappa shape index (κ3) is 5.88. The molecule has 0 aliphatic carbocycles. The molecule has 0 saturated carbocycles. The highest BCUT2D eigenvalue weighted by molar-refractivity contribution is 6.21. The SMILES string of the molecule is C[C@H]1CN[C@@H](C)CN(C(C(=O)O)(C(=O)O)C(=O)O)[C@@H](C)CN(CC(=O)O)[C@@H](C)CN1. The highest BCUT2D eigenvalue weighted by atomic mass is 16.4. The Morgan fingerprint density at radius 2 is 1.30 bits per heavy atom. The predicted octanol–water partition coefficient (Wildman–Crippen LogP) is -1.59. The summed E-state index contributed by atoms with van der Waals surface area (Å²) in [5, 5.41) is 44.7. The number of hydrogen-bond acceptors (Lipinski definition) is 8. The maximum atomic E-state index is 12.0. The Hall–Kier alpha value is -2.28. The molecule has 0 aromatic heterocycles.